The van der Waals surface area contributed by atoms with Gasteiger partial charge in [-0.15, -0.1) is 0 Å². The Morgan fingerprint density at radius 1 is 0.829 bits per heavy atom. The predicted molar refractivity (Wildman–Crippen MR) is 140 cm³/mol. The highest BCUT2D eigenvalue weighted by molar-refractivity contribution is 5.67. The fourth-order valence-electron chi connectivity index (χ4n) is 9.93. The van der Waals surface area contributed by atoms with Gasteiger partial charge in [0.15, 0.2) is 0 Å². The van der Waals surface area contributed by atoms with Gasteiger partial charge >= 0.3 is 11.9 Å². The van der Waals surface area contributed by atoms with Crippen molar-refractivity contribution in [2.75, 3.05) is 0 Å². The first-order valence-electron chi connectivity index (χ1n) is 14.8. The molecule has 200 valence electrons. The summed E-state index contributed by atoms with van der Waals surface area (Å²) in [6, 6.07) is 0. The standard InChI is InChI=1S/C31H52O4/c1-19(2)9-8-10-20(3)25-13-14-26-24-12-11-23-17-28(34-21(4)32)29(35-22(5)33)18-31(23,7)27(24)15-16-30(25,26)6/h19-20,23-29H,8-18H2,1-7H3/t20-,23+,24?,25?,26?,27?,28?,29-,30?,31?/m1/s1. The van der Waals surface area contributed by atoms with E-state index in [1.54, 1.807) is 0 Å². The number of rotatable bonds is 7. The number of esters is 2. The molecular weight excluding hydrogens is 436 g/mol. The summed E-state index contributed by atoms with van der Waals surface area (Å²) in [7, 11) is 0. The normalized spacial score (nSPS) is 43.6. The first-order valence-corrected chi connectivity index (χ1v) is 14.8. The van der Waals surface area contributed by atoms with Crippen molar-refractivity contribution in [3.05, 3.63) is 0 Å². The van der Waals surface area contributed by atoms with Crippen molar-refractivity contribution in [3.63, 3.8) is 0 Å². The summed E-state index contributed by atoms with van der Waals surface area (Å²) in [6.07, 6.45) is 13.3. The van der Waals surface area contributed by atoms with Gasteiger partial charge in [-0.3, -0.25) is 9.59 Å². The maximum absolute atomic E-state index is 11.9. The molecule has 35 heavy (non-hydrogen) atoms. The van der Waals surface area contributed by atoms with Gasteiger partial charge in [0.2, 0.25) is 0 Å². The average molecular weight is 489 g/mol. The van der Waals surface area contributed by atoms with Gasteiger partial charge < -0.3 is 9.47 Å². The Balaban J connectivity index is 1.50. The summed E-state index contributed by atoms with van der Waals surface area (Å²) >= 11 is 0. The van der Waals surface area contributed by atoms with Crippen LogP contribution in [0, 0.1) is 52.3 Å². The van der Waals surface area contributed by atoms with Crippen molar-refractivity contribution in [3.8, 4) is 0 Å². The highest BCUT2D eigenvalue weighted by atomic mass is 16.6. The van der Waals surface area contributed by atoms with Crippen LogP contribution in [0.2, 0.25) is 0 Å². The summed E-state index contributed by atoms with van der Waals surface area (Å²) in [5, 5.41) is 0. The third-order valence-electron chi connectivity index (χ3n) is 11.5. The van der Waals surface area contributed by atoms with Crippen LogP contribution >= 0.6 is 0 Å². The van der Waals surface area contributed by atoms with Gasteiger partial charge in [-0.05, 0) is 104 Å². The molecule has 4 fully saturated rings. The molecule has 4 aliphatic rings. The number of hydrogen-bond acceptors (Lipinski definition) is 4. The zero-order chi connectivity index (χ0) is 25.5. The Bertz CT molecular complexity index is 776. The Kier molecular flexibility index (Phi) is 7.99. The van der Waals surface area contributed by atoms with Crippen LogP contribution in [0.5, 0.6) is 0 Å². The SMILES string of the molecule is CC(=O)OC1C[C@@H]2CCC3C4CCC([C@H](C)CCCC(C)C)C4(C)CCC3C2(C)C[C@H]1OC(C)=O. The first-order chi connectivity index (χ1) is 16.5. The van der Waals surface area contributed by atoms with Crippen LogP contribution in [-0.2, 0) is 19.1 Å². The molecule has 0 amide bonds. The molecule has 4 saturated carbocycles. The fraction of sp³-hybridized carbons (Fsp3) is 0.935. The molecule has 0 radical (unpaired) electrons. The molecule has 0 aromatic rings. The predicted octanol–water partition coefficient (Wildman–Crippen LogP) is 7.58. The van der Waals surface area contributed by atoms with E-state index in [-0.39, 0.29) is 29.6 Å². The lowest BCUT2D eigenvalue weighted by Gasteiger charge is -2.62. The van der Waals surface area contributed by atoms with E-state index in [2.05, 4.69) is 34.6 Å². The maximum atomic E-state index is 11.9. The summed E-state index contributed by atoms with van der Waals surface area (Å²) in [4.78, 5) is 23.7. The van der Waals surface area contributed by atoms with Crippen molar-refractivity contribution in [1.29, 1.82) is 0 Å². The van der Waals surface area contributed by atoms with E-state index in [1.165, 1.54) is 71.6 Å². The third-order valence-corrected chi connectivity index (χ3v) is 11.5. The zero-order valence-corrected chi connectivity index (χ0v) is 23.6. The lowest BCUT2D eigenvalue weighted by Crippen LogP contribution is -2.57. The summed E-state index contributed by atoms with van der Waals surface area (Å²) in [6.45, 7) is 15.3. The van der Waals surface area contributed by atoms with Gasteiger partial charge in [0, 0.05) is 13.8 Å². The van der Waals surface area contributed by atoms with Gasteiger partial charge in [-0.1, -0.05) is 53.9 Å². The average Bonchev–Trinajstić information content (AvgIpc) is 3.10. The quantitative estimate of drug-likeness (QED) is 0.347. The van der Waals surface area contributed by atoms with Crippen molar-refractivity contribution in [2.45, 2.75) is 131 Å². The number of carbonyl (C=O) groups excluding carboxylic acids is 2. The molecule has 0 aromatic carbocycles. The molecular formula is C31H52O4. The molecule has 0 aliphatic heterocycles. The third kappa shape index (κ3) is 5.19. The van der Waals surface area contributed by atoms with E-state index in [0.29, 0.717) is 17.3 Å². The van der Waals surface area contributed by atoms with E-state index in [4.69, 9.17) is 9.47 Å². The topological polar surface area (TPSA) is 52.6 Å². The van der Waals surface area contributed by atoms with Crippen molar-refractivity contribution >= 4 is 11.9 Å². The Labute approximate surface area is 214 Å². The highest BCUT2D eigenvalue weighted by Crippen LogP contribution is 2.68. The fourth-order valence-corrected chi connectivity index (χ4v) is 9.93. The number of hydrogen-bond donors (Lipinski definition) is 0. The number of ether oxygens (including phenoxy) is 2. The van der Waals surface area contributed by atoms with Crippen LogP contribution in [0.1, 0.15) is 119 Å². The van der Waals surface area contributed by atoms with Crippen LogP contribution in [0.25, 0.3) is 0 Å². The Morgan fingerprint density at radius 3 is 2.14 bits per heavy atom. The molecule has 0 bridgehead atoms. The van der Waals surface area contributed by atoms with Gasteiger partial charge in [0.05, 0.1) is 0 Å². The Hall–Kier alpha value is -1.06. The lowest BCUT2D eigenvalue weighted by atomic mass is 9.44. The van der Waals surface area contributed by atoms with Crippen LogP contribution in [-0.4, -0.2) is 24.1 Å². The minimum Gasteiger partial charge on any atom is -0.459 e. The van der Waals surface area contributed by atoms with Gasteiger partial charge in [-0.25, -0.2) is 0 Å². The zero-order valence-electron chi connectivity index (χ0n) is 23.6. The van der Waals surface area contributed by atoms with E-state index in [0.717, 1.165) is 42.4 Å². The van der Waals surface area contributed by atoms with Gasteiger partial charge in [0.25, 0.3) is 0 Å². The van der Waals surface area contributed by atoms with Crippen LogP contribution < -0.4 is 0 Å². The molecule has 0 aromatic heterocycles. The van der Waals surface area contributed by atoms with E-state index in [1.807, 2.05) is 0 Å². The van der Waals surface area contributed by atoms with E-state index < -0.39 is 0 Å². The number of carbonyl (C=O) groups is 2. The summed E-state index contributed by atoms with van der Waals surface area (Å²) in [5.41, 5.74) is 0.661. The number of fused-ring (bicyclic) bond motifs is 5. The second-order valence-corrected chi connectivity index (χ2v) is 13.9. The molecule has 0 heterocycles. The minimum atomic E-state index is -0.304. The van der Waals surface area contributed by atoms with Crippen LogP contribution in [0.15, 0.2) is 0 Å². The molecule has 4 heteroatoms. The highest BCUT2D eigenvalue weighted by Gasteiger charge is 2.62. The van der Waals surface area contributed by atoms with Crippen molar-refractivity contribution < 1.29 is 19.1 Å². The largest absolute Gasteiger partial charge is 0.459 e. The van der Waals surface area contributed by atoms with Crippen molar-refractivity contribution in [2.24, 2.45) is 52.3 Å². The first kappa shape index (κ1) is 27.0. The molecule has 0 spiro atoms. The second-order valence-electron chi connectivity index (χ2n) is 13.9. The molecule has 10 atom stereocenters. The van der Waals surface area contributed by atoms with Gasteiger partial charge in [-0.2, -0.15) is 0 Å². The molecule has 4 aliphatic carbocycles. The second kappa shape index (κ2) is 10.4. The molecule has 4 nitrogen and oxygen atoms in total. The van der Waals surface area contributed by atoms with Crippen LogP contribution in [0.4, 0.5) is 0 Å². The maximum Gasteiger partial charge on any atom is 0.303 e. The lowest BCUT2D eigenvalue weighted by molar-refractivity contribution is -0.195. The van der Waals surface area contributed by atoms with Crippen LogP contribution in [0.3, 0.4) is 0 Å². The smallest absolute Gasteiger partial charge is 0.303 e. The summed E-state index contributed by atoms with van der Waals surface area (Å²) in [5.74, 6) is 4.88. The summed E-state index contributed by atoms with van der Waals surface area (Å²) < 4.78 is 11.5. The van der Waals surface area contributed by atoms with Crippen molar-refractivity contribution in [1.82, 2.24) is 0 Å². The minimum absolute atomic E-state index is 0.169. The van der Waals surface area contributed by atoms with Gasteiger partial charge in [0.1, 0.15) is 12.2 Å². The molecule has 0 saturated heterocycles. The molecule has 0 N–H and O–H groups in total. The Morgan fingerprint density at radius 2 is 1.49 bits per heavy atom. The molecule has 4 rings (SSSR count). The van der Waals surface area contributed by atoms with E-state index >= 15 is 0 Å². The molecule has 7 unspecified atom stereocenters. The monoisotopic (exact) mass is 488 g/mol. The van der Waals surface area contributed by atoms with E-state index in [9.17, 15) is 9.59 Å².